The van der Waals surface area contributed by atoms with Gasteiger partial charge >= 0.3 is 0 Å². The minimum absolute atomic E-state index is 0.195. The zero-order valence-corrected chi connectivity index (χ0v) is 14.0. The lowest BCUT2D eigenvalue weighted by Gasteiger charge is -2.23. The van der Waals surface area contributed by atoms with Crippen molar-refractivity contribution in [2.75, 3.05) is 11.1 Å². The highest BCUT2D eigenvalue weighted by atomic mass is 16.5. The van der Waals surface area contributed by atoms with E-state index < -0.39 is 0 Å². The highest BCUT2D eigenvalue weighted by molar-refractivity contribution is 5.93. The summed E-state index contributed by atoms with van der Waals surface area (Å²) in [5.41, 5.74) is 8.52. The van der Waals surface area contributed by atoms with Gasteiger partial charge in [0, 0.05) is 17.3 Å². The predicted octanol–water partition coefficient (Wildman–Crippen LogP) is 4.06. The Balaban J connectivity index is 1.61. The van der Waals surface area contributed by atoms with Gasteiger partial charge in [0.1, 0.15) is 18.1 Å². The molecule has 2 aromatic heterocycles. The Bertz CT molecular complexity index is 871. The summed E-state index contributed by atoms with van der Waals surface area (Å²) >= 11 is 0. The van der Waals surface area contributed by atoms with Gasteiger partial charge in [0.25, 0.3) is 0 Å². The number of hydrogen-bond acceptors (Lipinski definition) is 6. The van der Waals surface area contributed by atoms with Crippen LogP contribution >= 0.6 is 0 Å². The van der Waals surface area contributed by atoms with E-state index in [4.69, 9.17) is 10.5 Å². The Morgan fingerprint density at radius 3 is 2.76 bits per heavy atom. The lowest BCUT2D eigenvalue weighted by Crippen LogP contribution is -2.21. The first-order valence-corrected chi connectivity index (χ1v) is 8.69. The van der Waals surface area contributed by atoms with Crippen LogP contribution in [-0.4, -0.2) is 21.1 Å². The average Bonchev–Trinajstić information content (AvgIpc) is 2.66. The van der Waals surface area contributed by atoms with Crippen LogP contribution in [0.25, 0.3) is 10.9 Å². The van der Waals surface area contributed by atoms with Crippen molar-refractivity contribution in [2.24, 2.45) is 0 Å². The van der Waals surface area contributed by atoms with Crippen molar-refractivity contribution in [3.05, 3.63) is 42.9 Å². The van der Waals surface area contributed by atoms with E-state index in [0.717, 1.165) is 29.4 Å². The maximum Gasteiger partial charge on any atom is 0.242 e. The summed E-state index contributed by atoms with van der Waals surface area (Å²) < 4.78 is 6.02. The number of hydrogen-bond donors (Lipinski definition) is 2. The van der Waals surface area contributed by atoms with Gasteiger partial charge in [-0.05, 0) is 49.9 Å². The number of nitrogens with zero attached hydrogens (tertiary/aromatic N) is 3. The molecule has 0 unspecified atom stereocenters. The lowest BCUT2D eigenvalue weighted by molar-refractivity contribution is 0.149. The number of pyridine rings is 1. The normalized spacial score (nSPS) is 15.2. The summed E-state index contributed by atoms with van der Waals surface area (Å²) in [5, 5.41) is 4.31. The molecule has 3 aromatic rings. The number of nitrogens with one attached hydrogen (secondary N) is 1. The van der Waals surface area contributed by atoms with E-state index in [1.807, 2.05) is 30.3 Å². The predicted molar refractivity (Wildman–Crippen MR) is 99.0 cm³/mol. The Morgan fingerprint density at radius 2 is 1.88 bits per heavy atom. The molecule has 0 atom stereocenters. The fourth-order valence-corrected chi connectivity index (χ4v) is 3.25. The maximum atomic E-state index is 6.26. The van der Waals surface area contributed by atoms with Gasteiger partial charge in [0.2, 0.25) is 5.88 Å². The summed E-state index contributed by atoms with van der Waals surface area (Å²) in [4.78, 5) is 12.9. The van der Waals surface area contributed by atoms with Gasteiger partial charge < -0.3 is 15.8 Å². The van der Waals surface area contributed by atoms with Gasteiger partial charge in [-0.1, -0.05) is 12.5 Å². The molecular weight excluding hydrogens is 314 g/mol. The fraction of sp³-hybridized carbons (Fsp3) is 0.316. The number of nitrogen functional groups attached to an aromatic ring is 1. The zero-order valence-electron chi connectivity index (χ0n) is 14.0. The van der Waals surface area contributed by atoms with Crippen LogP contribution < -0.4 is 15.8 Å². The second-order valence-electron chi connectivity index (χ2n) is 6.32. The van der Waals surface area contributed by atoms with Crippen LogP contribution in [0.4, 0.5) is 17.2 Å². The first-order valence-electron chi connectivity index (χ1n) is 8.69. The highest BCUT2D eigenvalue weighted by Crippen LogP contribution is 2.32. The zero-order chi connectivity index (χ0) is 17.1. The van der Waals surface area contributed by atoms with E-state index in [2.05, 4.69) is 20.3 Å². The van der Waals surface area contributed by atoms with Gasteiger partial charge in [0.15, 0.2) is 5.82 Å². The smallest absolute Gasteiger partial charge is 0.242 e. The minimum Gasteiger partial charge on any atom is -0.473 e. The van der Waals surface area contributed by atoms with Crippen molar-refractivity contribution >= 4 is 28.1 Å². The van der Waals surface area contributed by atoms with Crippen LogP contribution in [-0.2, 0) is 0 Å². The molecule has 25 heavy (non-hydrogen) atoms. The molecule has 0 amide bonds. The highest BCUT2D eigenvalue weighted by Gasteiger charge is 2.18. The molecule has 6 heteroatoms. The molecule has 6 nitrogen and oxygen atoms in total. The van der Waals surface area contributed by atoms with Crippen LogP contribution in [0.3, 0.4) is 0 Å². The lowest BCUT2D eigenvalue weighted by atomic mass is 9.98. The molecular formula is C19H21N5O. The molecule has 0 saturated heterocycles. The first-order chi connectivity index (χ1) is 12.3. The van der Waals surface area contributed by atoms with Crippen molar-refractivity contribution in [1.82, 2.24) is 15.0 Å². The van der Waals surface area contributed by atoms with E-state index in [1.54, 1.807) is 6.20 Å². The molecule has 3 N–H and O–H groups in total. The second-order valence-corrected chi connectivity index (χ2v) is 6.32. The molecule has 0 radical (unpaired) electrons. The third kappa shape index (κ3) is 3.33. The van der Waals surface area contributed by atoms with Gasteiger partial charge in [-0.2, -0.15) is 4.98 Å². The molecule has 1 aromatic carbocycles. The van der Waals surface area contributed by atoms with Crippen molar-refractivity contribution in [2.45, 2.75) is 38.2 Å². The summed E-state index contributed by atoms with van der Waals surface area (Å²) in [7, 11) is 0. The largest absolute Gasteiger partial charge is 0.473 e. The Morgan fingerprint density at radius 1 is 1.00 bits per heavy atom. The standard InChI is InChI=1S/C19H21N5O/c20-17-18(22-12-23-19(17)25-13-6-2-1-3-7-13)24-16-10-4-9-15-14(16)8-5-11-21-15/h4-5,8-13H,1-3,6-7,20H2,(H,22,23,24). The number of ether oxygens (including phenoxy) is 1. The molecule has 0 spiro atoms. The van der Waals surface area contributed by atoms with E-state index in [0.29, 0.717) is 17.4 Å². The van der Waals surface area contributed by atoms with E-state index in [9.17, 15) is 0 Å². The molecule has 4 rings (SSSR count). The maximum absolute atomic E-state index is 6.26. The van der Waals surface area contributed by atoms with Crippen LogP contribution in [0.2, 0.25) is 0 Å². The quantitative estimate of drug-likeness (QED) is 0.748. The molecule has 0 bridgehead atoms. The van der Waals surface area contributed by atoms with Gasteiger partial charge in [-0.3, -0.25) is 4.98 Å². The van der Waals surface area contributed by atoms with E-state index in [-0.39, 0.29) is 6.10 Å². The number of nitrogens with two attached hydrogens (primary N) is 1. The number of benzene rings is 1. The number of aromatic nitrogens is 3. The van der Waals surface area contributed by atoms with Crippen molar-refractivity contribution in [1.29, 1.82) is 0 Å². The van der Waals surface area contributed by atoms with E-state index >= 15 is 0 Å². The summed E-state index contributed by atoms with van der Waals surface area (Å²) in [5.74, 6) is 1.01. The molecule has 0 aliphatic heterocycles. The van der Waals surface area contributed by atoms with Crippen LogP contribution in [0.5, 0.6) is 5.88 Å². The topological polar surface area (TPSA) is 86.0 Å². The first kappa shape index (κ1) is 15.6. The minimum atomic E-state index is 0.195. The summed E-state index contributed by atoms with van der Waals surface area (Å²) in [6.07, 6.45) is 9.25. The summed E-state index contributed by atoms with van der Waals surface area (Å²) in [6.45, 7) is 0. The number of fused-ring (bicyclic) bond motifs is 1. The molecule has 1 fully saturated rings. The Kier molecular flexibility index (Phi) is 4.33. The second kappa shape index (κ2) is 6.93. The number of rotatable bonds is 4. The molecule has 2 heterocycles. The van der Waals surface area contributed by atoms with Crippen molar-refractivity contribution < 1.29 is 4.74 Å². The monoisotopic (exact) mass is 335 g/mol. The van der Waals surface area contributed by atoms with E-state index in [1.165, 1.54) is 25.6 Å². The van der Waals surface area contributed by atoms with Gasteiger partial charge in [-0.25, -0.2) is 4.98 Å². The van der Waals surface area contributed by atoms with Crippen LogP contribution in [0, 0.1) is 0 Å². The Hall–Kier alpha value is -2.89. The van der Waals surface area contributed by atoms with Crippen LogP contribution in [0.15, 0.2) is 42.9 Å². The molecule has 1 saturated carbocycles. The third-order valence-corrected chi connectivity index (χ3v) is 4.58. The van der Waals surface area contributed by atoms with Crippen molar-refractivity contribution in [3.8, 4) is 5.88 Å². The molecule has 1 aliphatic carbocycles. The SMILES string of the molecule is Nc1c(Nc2cccc3ncccc23)ncnc1OC1CCCCC1. The Labute approximate surface area is 146 Å². The van der Waals surface area contributed by atoms with Gasteiger partial charge in [-0.15, -0.1) is 0 Å². The molecule has 128 valence electrons. The average molecular weight is 335 g/mol. The number of anilines is 3. The van der Waals surface area contributed by atoms with Gasteiger partial charge in [0.05, 0.1) is 5.52 Å². The fourth-order valence-electron chi connectivity index (χ4n) is 3.25. The summed E-state index contributed by atoms with van der Waals surface area (Å²) in [6, 6.07) is 9.83. The van der Waals surface area contributed by atoms with Crippen molar-refractivity contribution in [3.63, 3.8) is 0 Å². The molecule has 1 aliphatic rings. The third-order valence-electron chi connectivity index (χ3n) is 4.58. The van der Waals surface area contributed by atoms with Crippen LogP contribution in [0.1, 0.15) is 32.1 Å².